The van der Waals surface area contributed by atoms with Crippen LogP contribution in [0, 0.1) is 0 Å². The monoisotopic (exact) mass is 293 g/mol. The Morgan fingerprint density at radius 1 is 1.38 bits per heavy atom. The van der Waals surface area contributed by atoms with E-state index in [1.54, 1.807) is 6.07 Å². The normalized spacial score (nSPS) is 16.9. The van der Waals surface area contributed by atoms with Gasteiger partial charge in [-0.25, -0.2) is 5.84 Å². The summed E-state index contributed by atoms with van der Waals surface area (Å²) in [5.74, 6) is 4.96. The number of rotatable bonds is 6. The fraction of sp³-hybridized carbons (Fsp3) is 0.533. The van der Waals surface area contributed by atoms with Crippen molar-refractivity contribution in [3.05, 3.63) is 35.4 Å². The van der Waals surface area contributed by atoms with Crippen LogP contribution in [0.2, 0.25) is 0 Å². The van der Waals surface area contributed by atoms with Crippen molar-refractivity contribution in [2.24, 2.45) is 5.84 Å². The molecule has 1 aromatic carbocycles. The zero-order valence-corrected chi connectivity index (χ0v) is 12.1. The molecule has 6 heteroatoms. The molecule has 1 heterocycles. The smallest absolute Gasteiger partial charge is 0.265 e. The first-order chi connectivity index (χ1) is 10.2. The lowest BCUT2D eigenvalue weighted by Gasteiger charge is -2.32. The van der Waals surface area contributed by atoms with E-state index in [-0.39, 0.29) is 18.6 Å². The predicted octanol–water partition coefficient (Wildman–Crippen LogP) is 0.263. The highest BCUT2D eigenvalue weighted by molar-refractivity contribution is 5.95. The highest BCUT2D eigenvalue weighted by atomic mass is 16.5. The van der Waals surface area contributed by atoms with E-state index in [4.69, 9.17) is 15.7 Å². The van der Waals surface area contributed by atoms with Crippen LogP contribution in [-0.4, -0.2) is 48.3 Å². The molecule has 0 unspecified atom stereocenters. The topological polar surface area (TPSA) is 87.8 Å². The highest BCUT2D eigenvalue weighted by Crippen LogP contribution is 2.18. The molecule has 6 nitrogen and oxygen atoms in total. The van der Waals surface area contributed by atoms with Gasteiger partial charge in [-0.15, -0.1) is 0 Å². The number of hydrogen-bond acceptors (Lipinski definition) is 5. The van der Waals surface area contributed by atoms with Gasteiger partial charge in [0.25, 0.3) is 5.91 Å². The van der Waals surface area contributed by atoms with Crippen molar-refractivity contribution in [1.82, 2.24) is 10.3 Å². The molecule has 0 spiro atoms. The van der Waals surface area contributed by atoms with Gasteiger partial charge in [-0.05, 0) is 24.5 Å². The van der Waals surface area contributed by atoms with E-state index in [2.05, 4.69) is 10.3 Å². The van der Waals surface area contributed by atoms with Crippen molar-refractivity contribution in [3.63, 3.8) is 0 Å². The fourth-order valence-electron chi connectivity index (χ4n) is 2.65. The van der Waals surface area contributed by atoms with E-state index in [0.717, 1.165) is 38.0 Å². The predicted molar refractivity (Wildman–Crippen MR) is 79.4 cm³/mol. The summed E-state index contributed by atoms with van der Waals surface area (Å²) in [7, 11) is 0. The molecule has 1 fully saturated rings. The van der Waals surface area contributed by atoms with Gasteiger partial charge in [0.1, 0.15) is 0 Å². The third-order valence-electron chi connectivity index (χ3n) is 3.77. The molecule has 0 aromatic heterocycles. The SMILES string of the molecule is NNC(=O)c1ccccc1CN1CCC(OCCO)CC1. The molecule has 1 aromatic rings. The lowest BCUT2D eigenvalue weighted by Crippen LogP contribution is -2.37. The van der Waals surface area contributed by atoms with E-state index in [1.165, 1.54) is 0 Å². The minimum atomic E-state index is -0.258. The number of carbonyl (C=O) groups is 1. The summed E-state index contributed by atoms with van der Waals surface area (Å²) in [5.41, 5.74) is 3.79. The number of hydrogen-bond donors (Lipinski definition) is 3. The van der Waals surface area contributed by atoms with E-state index < -0.39 is 0 Å². The molecule has 0 aliphatic carbocycles. The van der Waals surface area contributed by atoms with E-state index in [9.17, 15) is 4.79 Å². The molecule has 116 valence electrons. The first-order valence-electron chi connectivity index (χ1n) is 7.28. The molecule has 0 atom stereocenters. The van der Waals surface area contributed by atoms with Crippen molar-refractivity contribution < 1.29 is 14.6 Å². The third-order valence-corrected chi connectivity index (χ3v) is 3.77. The van der Waals surface area contributed by atoms with Gasteiger partial charge in [0.15, 0.2) is 0 Å². The van der Waals surface area contributed by atoms with Gasteiger partial charge < -0.3 is 9.84 Å². The van der Waals surface area contributed by atoms with Gasteiger partial charge in [0, 0.05) is 25.2 Å². The molecular weight excluding hydrogens is 270 g/mol. The molecule has 1 aliphatic heterocycles. The highest BCUT2D eigenvalue weighted by Gasteiger charge is 2.21. The van der Waals surface area contributed by atoms with Gasteiger partial charge in [-0.2, -0.15) is 0 Å². The Hall–Kier alpha value is -1.47. The lowest BCUT2D eigenvalue weighted by molar-refractivity contribution is -0.00904. The second kappa shape index (κ2) is 8.09. The largest absolute Gasteiger partial charge is 0.394 e. The number of piperidine rings is 1. The van der Waals surface area contributed by atoms with Crippen molar-refractivity contribution >= 4 is 5.91 Å². The molecule has 4 N–H and O–H groups in total. The standard InChI is InChI=1S/C15H23N3O3/c16-17-15(20)14-4-2-1-3-12(14)11-18-7-5-13(6-8-18)21-10-9-19/h1-4,13,19H,5-11,16H2,(H,17,20). The number of amides is 1. The Balaban J connectivity index is 1.90. The molecule has 0 saturated carbocycles. The van der Waals surface area contributed by atoms with Gasteiger partial charge in [-0.1, -0.05) is 18.2 Å². The number of aliphatic hydroxyl groups excluding tert-OH is 1. The number of aliphatic hydroxyl groups is 1. The lowest BCUT2D eigenvalue weighted by atomic mass is 10.0. The zero-order valence-electron chi connectivity index (χ0n) is 12.1. The summed E-state index contributed by atoms with van der Waals surface area (Å²) >= 11 is 0. The zero-order chi connectivity index (χ0) is 15.1. The molecule has 1 aliphatic rings. The Morgan fingerprint density at radius 3 is 2.76 bits per heavy atom. The summed E-state index contributed by atoms with van der Waals surface area (Å²) in [5, 5.41) is 8.77. The maximum Gasteiger partial charge on any atom is 0.265 e. The van der Waals surface area contributed by atoms with Crippen LogP contribution in [0.4, 0.5) is 0 Å². The van der Waals surface area contributed by atoms with Crippen LogP contribution in [-0.2, 0) is 11.3 Å². The van der Waals surface area contributed by atoms with Gasteiger partial charge in [-0.3, -0.25) is 15.1 Å². The third kappa shape index (κ3) is 4.50. The van der Waals surface area contributed by atoms with Crippen LogP contribution in [0.25, 0.3) is 0 Å². The van der Waals surface area contributed by atoms with Crippen LogP contribution < -0.4 is 11.3 Å². The molecule has 1 amide bonds. The average Bonchev–Trinajstić information content (AvgIpc) is 2.54. The van der Waals surface area contributed by atoms with Crippen molar-refractivity contribution in [1.29, 1.82) is 0 Å². The maximum atomic E-state index is 11.7. The summed E-state index contributed by atoms with van der Waals surface area (Å²) < 4.78 is 5.55. The number of nitrogens with one attached hydrogen (secondary N) is 1. The average molecular weight is 293 g/mol. The van der Waals surface area contributed by atoms with Crippen molar-refractivity contribution in [2.45, 2.75) is 25.5 Å². The van der Waals surface area contributed by atoms with E-state index in [0.29, 0.717) is 12.2 Å². The number of ether oxygens (including phenoxy) is 1. The number of carbonyl (C=O) groups excluding carboxylic acids is 1. The van der Waals surface area contributed by atoms with Gasteiger partial charge >= 0.3 is 0 Å². The fourth-order valence-corrected chi connectivity index (χ4v) is 2.65. The summed E-state index contributed by atoms with van der Waals surface area (Å²) in [6.45, 7) is 3.06. The molecule has 0 bridgehead atoms. The quantitative estimate of drug-likeness (QED) is 0.398. The number of likely N-dealkylation sites (tertiary alicyclic amines) is 1. The molecule has 2 rings (SSSR count). The minimum absolute atomic E-state index is 0.0712. The molecule has 0 radical (unpaired) electrons. The number of nitrogen functional groups attached to an aromatic ring is 1. The first kappa shape index (κ1) is 15.9. The molecular formula is C15H23N3O3. The molecule has 1 saturated heterocycles. The van der Waals surface area contributed by atoms with Crippen LogP contribution in [0.3, 0.4) is 0 Å². The first-order valence-corrected chi connectivity index (χ1v) is 7.28. The van der Waals surface area contributed by atoms with Crippen molar-refractivity contribution in [3.8, 4) is 0 Å². The van der Waals surface area contributed by atoms with Crippen LogP contribution >= 0.6 is 0 Å². The van der Waals surface area contributed by atoms with E-state index in [1.807, 2.05) is 18.2 Å². The second-order valence-electron chi connectivity index (χ2n) is 5.20. The minimum Gasteiger partial charge on any atom is -0.394 e. The Labute approximate surface area is 124 Å². The number of nitrogens with two attached hydrogens (primary N) is 1. The molecule has 21 heavy (non-hydrogen) atoms. The van der Waals surface area contributed by atoms with E-state index >= 15 is 0 Å². The number of benzene rings is 1. The van der Waals surface area contributed by atoms with Crippen molar-refractivity contribution in [2.75, 3.05) is 26.3 Å². The Morgan fingerprint density at radius 2 is 2.10 bits per heavy atom. The number of hydrazine groups is 1. The summed E-state index contributed by atoms with van der Waals surface area (Å²) in [6, 6.07) is 7.51. The van der Waals surface area contributed by atoms with Gasteiger partial charge in [0.2, 0.25) is 0 Å². The number of nitrogens with zero attached hydrogens (tertiary/aromatic N) is 1. The van der Waals surface area contributed by atoms with Crippen LogP contribution in [0.5, 0.6) is 0 Å². The summed E-state index contributed by atoms with van der Waals surface area (Å²) in [6.07, 6.45) is 2.13. The Kier molecular flexibility index (Phi) is 6.13. The summed E-state index contributed by atoms with van der Waals surface area (Å²) in [4.78, 5) is 14.1. The maximum absolute atomic E-state index is 11.7. The second-order valence-corrected chi connectivity index (χ2v) is 5.20. The van der Waals surface area contributed by atoms with Crippen LogP contribution in [0.15, 0.2) is 24.3 Å². The van der Waals surface area contributed by atoms with Crippen LogP contribution in [0.1, 0.15) is 28.8 Å². The van der Waals surface area contributed by atoms with Gasteiger partial charge in [0.05, 0.1) is 19.3 Å². The Bertz CT molecular complexity index is 459.